The van der Waals surface area contributed by atoms with Gasteiger partial charge in [0.1, 0.15) is 34.4 Å². The third kappa shape index (κ3) is 8.12. The van der Waals surface area contributed by atoms with Gasteiger partial charge in [0.2, 0.25) is 5.91 Å². The second-order valence-corrected chi connectivity index (χ2v) is 17.0. The Labute approximate surface area is 355 Å². The van der Waals surface area contributed by atoms with E-state index < -0.39 is 77.2 Å². The number of benzene rings is 2. The van der Waals surface area contributed by atoms with Crippen molar-refractivity contribution in [2.24, 2.45) is 33.7 Å². The zero-order valence-corrected chi connectivity index (χ0v) is 36.5. The Kier molecular flexibility index (Phi) is 12.8. The Morgan fingerprint density at radius 1 is 0.984 bits per heavy atom. The number of carbonyl (C=O) groups excluding carboxylic acids is 3. The number of carbonyl (C=O) groups is 3. The molecule has 0 radical (unpaired) electrons. The van der Waals surface area contributed by atoms with Crippen LogP contribution in [0.2, 0.25) is 0 Å². The molecule has 2 amide bonds. The van der Waals surface area contributed by atoms with Crippen molar-refractivity contribution >= 4 is 40.0 Å². The molecule has 61 heavy (non-hydrogen) atoms. The van der Waals surface area contributed by atoms with E-state index in [4.69, 9.17) is 28.9 Å². The standard InChI is InChI=1S/C45H59N5O11/c1-11-29(52)50-18-16-45(17-19-50)48-33-30-31-38(55)26(7)41-32(30)42(46)44(9,61-41)59-20-15-28(58-10)23(4)40(60-27(8)51)25(6)37(54)24(5)36(53)21(2)13-12-14-22(3)43(57)47-35(39(31)56)34(33)49-45/h12-15,20-21,23-25,28,36-37,40,46,53-56H,11,16-19H2,1-10H3,(H,47,57)/b13-12+,20-15+,22-14-,46-42?. The molecule has 9 unspecified atom stereocenters. The van der Waals surface area contributed by atoms with Crippen molar-refractivity contribution in [3.8, 4) is 17.2 Å². The Balaban J connectivity index is 1.55. The average Bonchev–Trinajstić information content (AvgIpc) is 3.73. The van der Waals surface area contributed by atoms with Crippen molar-refractivity contribution in [3.63, 3.8) is 0 Å². The molecule has 6 N–H and O–H groups in total. The van der Waals surface area contributed by atoms with Crippen LogP contribution in [0.3, 0.4) is 0 Å². The van der Waals surface area contributed by atoms with E-state index in [2.05, 4.69) is 5.32 Å². The summed E-state index contributed by atoms with van der Waals surface area (Å²) in [6.45, 7) is 15.5. The van der Waals surface area contributed by atoms with Crippen LogP contribution in [0.5, 0.6) is 17.2 Å². The van der Waals surface area contributed by atoms with E-state index in [1.807, 2.05) is 0 Å². The van der Waals surface area contributed by atoms with Gasteiger partial charge in [0.25, 0.3) is 11.7 Å². The van der Waals surface area contributed by atoms with Crippen LogP contribution in [0, 0.1) is 36.0 Å². The molecule has 1 spiro atoms. The molecule has 0 aromatic heterocycles. The number of ether oxygens (including phenoxy) is 4. The fourth-order valence-corrected chi connectivity index (χ4v) is 8.96. The molecule has 1 fully saturated rings. The topological polar surface area (TPSA) is 233 Å². The van der Waals surface area contributed by atoms with Gasteiger partial charge in [0.05, 0.1) is 40.9 Å². The summed E-state index contributed by atoms with van der Waals surface area (Å²) in [5, 5.41) is 59.7. The Morgan fingerprint density at radius 3 is 2.26 bits per heavy atom. The Morgan fingerprint density at radius 2 is 1.64 bits per heavy atom. The van der Waals surface area contributed by atoms with Crippen molar-refractivity contribution in [2.75, 3.05) is 25.5 Å². The molecule has 2 aromatic carbocycles. The summed E-state index contributed by atoms with van der Waals surface area (Å²) in [6.07, 6.45) is 5.07. The highest BCUT2D eigenvalue weighted by Gasteiger charge is 2.48. The number of fused-ring (bicyclic) bond motifs is 1. The number of aromatic hydroxyl groups is 2. The fraction of sp³-hybridized carbons (Fsp3) is 0.556. The monoisotopic (exact) mass is 845 g/mol. The molecule has 16 heteroatoms. The molecule has 9 atom stereocenters. The molecule has 16 nitrogen and oxygen atoms in total. The van der Waals surface area contributed by atoms with Gasteiger partial charge >= 0.3 is 5.97 Å². The van der Waals surface area contributed by atoms with Gasteiger partial charge in [-0.25, -0.2) is 0 Å². The van der Waals surface area contributed by atoms with Crippen LogP contribution >= 0.6 is 0 Å². The molecule has 0 aliphatic carbocycles. The molecule has 4 heterocycles. The molecular weight excluding hydrogens is 787 g/mol. The molecule has 2 aromatic rings. The number of hydrogen-bond donors (Lipinski definition) is 6. The SMILES string of the molecule is CCC(=O)N1CCC2(CC1)N=c1c3c(O)c4c(O)c(C)c5c(c4c1=N2)C(=N)C(C)(O/C=C/C(OC)C(C)C(OC(C)=O)C(C)C(O)C(C)C(O)C(C)/C=C/C=C(/C)C(=O)N3)O5. The van der Waals surface area contributed by atoms with E-state index in [-0.39, 0.29) is 67.0 Å². The minimum absolute atomic E-state index is 0.00337. The number of esters is 1. The highest BCUT2D eigenvalue weighted by atomic mass is 16.7. The summed E-state index contributed by atoms with van der Waals surface area (Å²) >= 11 is 0. The first-order chi connectivity index (χ1) is 28.7. The lowest BCUT2D eigenvalue weighted by molar-refractivity contribution is -0.160. The van der Waals surface area contributed by atoms with Crippen LogP contribution in [-0.2, 0) is 28.6 Å². The molecule has 330 valence electrons. The number of allylic oxidation sites excluding steroid dienone is 2. The smallest absolute Gasteiger partial charge is 0.302 e. The number of methoxy groups -OCH3 is 1. The van der Waals surface area contributed by atoms with E-state index in [0.29, 0.717) is 32.4 Å². The first-order valence-corrected chi connectivity index (χ1v) is 20.9. The predicted octanol–water partition coefficient (Wildman–Crippen LogP) is 4.22. The summed E-state index contributed by atoms with van der Waals surface area (Å²) in [5.41, 5.74) is -0.677. The first-order valence-electron chi connectivity index (χ1n) is 20.9. The number of phenols is 2. The number of hydrogen-bond acceptors (Lipinski definition) is 14. The van der Waals surface area contributed by atoms with E-state index in [9.17, 15) is 40.2 Å². The lowest BCUT2D eigenvalue weighted by Crippen LogP contribution is -2.46. The average molecular weight is 846 g/mol. The van der Waals surface area contributed by atoms with Gasteiger partial charge in [-0.15, -0.1) is 0 Å². The zero-order valence-electron chi connectivity index (χ0n) is 36.5. The van der Waals surface area contributed by atoms with Gasteiger partial charge < -0.3 is 49.6 Å². The lowest BCUT2D eigenvalue weighted by atomic mass is 9.78. The van der Waals surface area contributed by atoms with E-state index in [1.165, 1.54) is 27.2 Å². The minimum Gasteiger partial charge on any atom is -0.507 e. The molecule has 4 aliphatic rings. The number of likely N-dealkylation sites (tertiary alicyclic amines) is 1. The second kappa shape index (κ2) is 17.2. The van der Waals surface area contributed by atoms with E-state index >= 15 is 0 Å². The number of nitrogens with zero attached hydrogens (tertiary/aromatic N) is 3. The summed E-state index contributed by atoms with van der Waals surface area (Å²) in [4.78, 5) is 50.9. The van der Waals surface area contributed by atoms with Crippen molar-refractivity contribution in [1.82, 2.24) is 4.90 Å². The van der Waals surface area contributed by atoms with Crippen LogP contribution < -0.4 is 20.8 Å². The molecule has 4 aliphatic heterocycles. The van der Waals surface area contributed by atoms with Gasteiger partial charge in [-0.1, -0.05) is 52.8 Å². The maximum atomic E-state index is 13.9. The maximum absolute atomic E-state index is 13.9. The van der Waals surface area contributed by atoms with Crippen LogP contribution in [0.1, 0.15) is 85.8 Å². The largest absolute Gasteiger partial charge is 0.507 e. The first kappa shape index (κ1) is 45.2. The fourth-order valence-electron chi connectivity index (χ4n) is 8.96. The predicted molar refractivity (Wildman–Crippen MR) is 226 cm³/mol. The van der Waals surface area contributed by atoms with Gasteiger partial charge in [-0.2, -0.15) is 0 Å². The minimum atomic E-state index is -1.77. The third-order valence-electron chi connectivity index (χ3n) is 12.9. The van der Waals surface area contributed by atoms with Crippen molar-refractivity contribution in [3.05, 3.63) is 58.0 Å². The number of amides is 2. The van der Waals surface area contributed by atoms with Gasteiger partial charge in [0, 0.05) is 93.5 Å². The molecule has 4 bridgehead atoms. The van der Waals surface area contributed by atoms with Gasteiger partial charge in [-0.05, 0) is 19.9 Å². The number of rotatable bonds is 3. The highest BCUT2D eigenvalue weighted by molar-refractivity contribution is 6.20. The maximum Gasteiger partial charge on any atom is 0.302 e. The number of aliphatic hydroxyl groups is 2. The van der Waals surface area contributed by atoms with E-state index in [0.717, 1.165) is 0 Å². The third-order valence-corrected chi connectivity index (χ3v) is 12.9. The number of nitrogens with one attached hydrogen (secondary N) is 2. The molecule has 1 saturated heterocycles. The molecular formula is C45H59N5O11. The van der Waals surface area contributed by atoms with Crippen LogP contribution in [0.4, 0.5) is 5.69 Å². The number of anilines is 1. The molecule has 6 rings (SSSR count). The highest BCUT2D eigenvalue weighted by Crippen LogP contribution is 2.50. The van der Waals surface area contributed by atoms with Crippen molar-refractivity contribution < 1.29 is 53.8 Å². The van der Waals surface area contributed by atoms with Crippen LogP contribution in [0.15, 0.2) is 46.1 Å². The number of phenolic OH excluding ortho intramolecular Hbond substituents is 2. The van der Waals surface area contributed by atoms with Crippen LogP contribution in [-0.4, -0.2) is 105 Å². The normalized spacial score (nSPS) is 32.2. The zero-order chi connectivity index (χ0) is 44.9. The summed E-state index contributed by atoms with van der Waals surface area (Å²) in [5.74, 6) is -6.02. The van der Waals surface area contributed by atoms with Crippen molar-refractivity contribution in [2.45, 2.75) is 117 Å². The van der Waals surface area contributed by atoms with Crippen LogP contribution in [0.25, 0.3) is 10.8 Å². The van der Waals surface area contributed by atoms with Crippen molar-refractivity contribution in [1.29, 1.82) is 5.41 Å². The summed E-state index contributed by atoms with van der Waals surface area (Å²) in [6, 6.07) is 0. The Bertz CT molecular complexity index is 2350. The summed E-state index contributed by atoms with van der Waals surface area (Å²) in [7, 11) is 1.48. The van der Waals surface area contributed by atoms with Gasteiger partial charge in [-0.3, -0.25) is 29.8 Å². The number of piperidine rings is 1. The lowest BCUT2D eigenvalue weighted by Gasteiger charge is -2.38. The van der Waals surface area contributed by atoms with Gasteiger partial charge in [0.15, 0.2) is 11.4 Å². The summed E-state index contributed by atoms with van der Waals surface area (Å²) < 4.78 is 24.2. The Hall–Kier alpha value is -5.32. The number of aliphatic hydroxyl groups excluding tert-OH is 2. The quantitative estimate of drug-likeness (QED) is 0.189. The molecule has 0 saturated carbocycles. The second-order valence-electron chi connectivity index (χ2n) is 17.0. The van der Waals surface area contributed by atoms with E-state index in [1.54, 1.807) is 77.7 Å².